The highest BCUT2D eigenvalue weighted by atomic mass is 14.5. The minimum atomic E-state index is 0.636. The van der Waals surface area contributed by atoms with E-state index in [1.54, 1.807) is 11.1 Å². The summed E-state index contributed by atoms with van der Waals surface area (Å²) in [5.74, 6) is 1.07. The predicted molar refractivity (Wildman–Crippen MR) is 71.4 cm³/mol. The van der Waals surface area contributed by atoms with Gasteiger partial charge in [-0.15, -0.1) is 0 Å². The molecule has 0 heteroatoms. The van der Waals surface area contributed by atoms with Crippen LogP contribution in [-0.2, 0) is 0 Å². The summed E-state index contributed by atoms with van der Waals surface area (Å²) in [6.07, 6.45) is 14.6. The number of hydrogen-bond donors (Lipinski definition) is 0. The summed E-state index contributed by atoms with van der Waals surface area (Å²) in [6.45, 7) is 6.82. The lowest BCUT2D eigenvalue weighted by molar-refractivity contribution is 0.358. The first-order valence-electron chi connectivity index (χ1n) is 7.01. The van der Waals surface area contributed by atoms with Crippen LogP contribution in [0.3, 0.4) is 0 Å². The molecule has 0 nitrogen and oxygen atoms in total. The fourth-order valence-electron chi connectivity index (χ4n) is 3.71. The maximum absolute atomic E-state index is 2.52. The van der Waals surface area contributed by atoms with Gasteiger partial charge < -0.3 is 0 Å². The molecular weight excluding hydrogens is 192 g/mol. The summed E-state index contributed by atoms with van der Waals surface area (Å²) < 4.78 is 0. The lowest BCUT2D eigenvalue weighted by Crippen LogP contribution is -2.15. The first-order chi connectivity index (χ1) is 7.70. The van der Waals surface area contributed by atoms with Crippen LogP contribution in [0.15, 0.2) is 23.3 Å². The average Bonchev–Trinajstić information content (AvgIpc) is 2.91. The van der Waals surface area contributed by atoms with Crippen molar-refractivity contribution in [2.75, 3.05) is 0 Å². The Morgan fingerprint density at radius 2 is 2.00 bits per heavy atom. The summed E-state index contributed by atoms with van der Waals surface area (Å²) in [6, 6.07) is 0. The second-order valence-corrected chi connectivity index (χ2v) is 5.82. The molecule has 0 saturated heterocycles. The topological polar surface area (TPSA) is 0 Å². The molecule has 2 fully saturated rings. The highest BCUT2D eigenvalue weighted by Crippen LogP contribution is 2.57. The smallest absolute Gasteiger partial charge is 0.00879 e. The van der Waals surface area contributed by atoms with E-state index in [1.807, 2.05) is 0 Å². The van der Waals surface area contributed by atoms with Crippen LogP contribution in [0, 0.1) is 11.3 Å². The van der Waals surface area contributed by atoms with E-state index < -0.39 is 0 Å². The van der Waals surface area contributed by atoms with E-state index in [-0.39, 0.29) is 0 Å². The van der Waals surface area contributed by atoms with Gasteiger partial charge in [-0.1, -0.05) is 30.2 Å². The number of hydrogen-bond acceptors (Lipinski definition) is 0. The van der Waals surface area contributed by atoms with Crippen molar-refractivity contribution in [2.45, 2.75) is 65.7 Å². The molecule has 0 aromatic heterocycles. The van der Waals surface area contributed by atoms with E-state index in [0.717, 1.165) is 5.92 Å². The molecule has 2 saturated carbocycles. The van der Waals surface area contributed by atoms with Crippen molar-refractivity contribution < 1.29 is 0 Å². The highest BCUT2D eigenvalue weighted by molar-refractivity contribution is 5.20. The molecule has 90 valence electrons. The van der Waals surface area contributed by atoms with Crippen LogP contribution in [-0.4, -0.2) is 0 Å². The van der Waals surface area contributed by atoms with Gasteiger partial charge in [-0.05, 0) is 70.1 Å². The van der Waals surface area contributed by atoms with Gasteiger partial charge in [-0.2, -0.15) is 0 Å². The molecule has 2 aliphatic rings. The molecule has 0 N–H and O–H groups in total. The van der Waals surface area contributed by atoms with Gasteiger partial charge in [0.25, 0.3) is 0 Å². The molecule has 0 atom stereocenters. The van der Waals surface area contributed by atoms with E-state index in [1.165, 1.54) is 44.9 Å². The second-order valence-electron chi connectivity index (χ2n) is 5.82. The molecule has 2 rings (SSSR count). The molecule has 2 bridgehead atoms. The van der Waals surface area contributed by atoms with E-state index in [4.69, 9.17) is 0 Å². The Labute approximate surface area is 101 Å². The van der Waals surface area contributed by atoms with Crippen molar-refractivity contribution in [3.05, 3.63) is 23.3 Å². The first kappa shape index (κ1) is 12.0. The van der Waals surface area contributed by atoms with Crippen molar-refractivity contribution >= 4 is 0 Å². The molecule has 0 radical (unpaired) electrons. The third-order valence-electron chi connectivity index (χ3n) is 5.11. The zero-order chi connectivity index (χ0) is 11.6. The molecule has 0 spiro atoms. The summed E-state index contributed by atoms with van der Waals surface area (Å²) in [4.78, 5) is 0. The third-order valence-corrected chi connectivity index (χ3v) is 5.11. The number of fused-ring (bicyclic) bond motifs is 2. The zero-order valence-electron chi connectivity index (χ0n) is 11.2. The van der Waals surface area contributed by atoms with Gasteiger partial charge in [0.2, 0.25) is 0 Å². The van der Waals surface area contributed by atoms with E-state index in [2.05, 4.69) is 32.9 Å². The minimum Gasteiger partial charge on any atom is -0.0882 e. The van der Waals surface area contributed by atoms with Crippen LogP contribution in [0.1, 0.15) is 65.7 Å². The van der Waals surface area contributed by atoms with Crippen LogP contribution < -0.4 is 0 Å². The molecular formula is C16H26. The average molecular weight is 218 g/mol. The quantitative estimate of drug-likeness (QED) is 0.565. The second kappa shape index (κ2) is 4.77. The Bertz CT molecular complexity index is 298. The number of rotatable bonds is 4. The van der Waals surface area contributed by atoms with Crippen molar-refractivity contribution in [1.29, 1.82) is 0 Å². The largest absolute Gasteiger partial charge is 0.0882 e. The molecule has 0 amide bonds. The minimum absolute atomic E-state index is 0.636. The van der Waals surface area contributed by atoms with Crippen LogP contribution in [0.25, 0.3) is 0 Å². The van der Waals surface area contributed by atoms with E-state index >= 15 is 0 Å². The molecule has 0 heterocycles. The van der Waals surface area contributed by atoms with Gasteiger partial charge in [0, 0.05) is 0 Å². The van der Waals surface area contributed by atoms with Gasteiger partial charge >= 0.3 is 0 Å². The van der Waals surface area contributed by atoms with Crippen molar-refractivity contribution in [2.24, 2.45) is 11.3 Å². The molecule has 16 heavy (non-hydrogen) atoms. The monoisotopic (exact) mass is 218 g/mol. The molecule has 0 aromatic rings. The summed E-state index contributed by atoms with van der Waals surface area (Å²) >= 11 is 0. The van der Waals surface area contributed by atoms with Gasteiger partial charge in [0.05, 0.1) is 0 Å². The SMILES string of the molecule is CC=C(CC)CC=C(C)C12CCC(CC1)C2. The maximum Gasteiger partial charge on any atom is -0.00879 e. The van der Waals surface area contributed by atoms with Crippen molar-refractivity contribution in [3.63, 3.8) is 0 Å². The van der Waals surface area contributed by atoms with Crippen molar-refractivity contribution in [3.8, 4) is 0 Å². The van der Waals surface area contributed by atoms with Crippen LogP contribution in [0.2, 0.25) is 0 Å². The Morgan fingerprint density at radius 1 is 1.31 bits per heavy atom. The molecule has 0 unspecified atom stereocenters. The highest BCUT2D eigenvalue weighted by Gasteiger charge is 2.45. The summed E-state index contributed by atoms with van der Waals surface area (Å²) in [5.41, 5.74) is 3.92. The lowest BCUT2D eigenvalue weighted by Gasteiger charge is -2.28. The Hall–Kier alpha value is -0.520. The maximum atomic E-state index is 2.52. The fourth-order valence-corrected chi connectivity index (χ4v) is 3.71. The standard InChI is InChI=1S/C16H26/c1-4-14(5-2)7-6-13(3)16-10-8-15(12-16)9-11-16/h4,6,15H,5,7-12H2,1-3H3. The zero-order valence-corrected chi connectivity index (χ0v) is 11.2. The Kier molecular flexibility index (Phi) is 3.56. The van der Waals surface area contributed by atoms with Crippen LogP contribution in [0.5, 0.6) is 0 Å². The Balaban J connectivity index is 2.01. The van der Waals surface area contributed by atoms with Gasteiger partial charge in [-0.3, -0.25) is 0 Å². The van der Waals surface area contributed by atoms with E-state index in [0.29, 0.717) is 5.41 Å². The van der Waals surface area contributed by atoms with Crippen LogP contribution >= 0.6 is 0 Å². The molecule has 2 aliphatic carbocycles. The number of allylic oxidation sites excluding steroid dienone is 4. The normalized spacial score (nSPS) is 34.8. The molecule has 0 aromatic carbocycles. The summed E-state index contributed by atoms with van der Waals surface area (Å²) in [5, 5.41) is 0. The fraction of sp³-hybridized carbons (Fsp3) is 0.750. The third kappa shape index (κ3) is 2.12. The predicted octanol–water partition coefficient (Wildman–Crippen LogP) is 5.26. The van der Waals surface area contributed by atoms with Crippen LogP contribution in [0.4, 0.5) is 0 Å². The Morgan fingerprint density at radius 3 is 2.44 bits per heavy atom. The van der Waals surface area contributed by atoms with Gasteiger partial charge in [0.1, 0.15) is 0 Å². The molecule has 0 aliphatic heterocycles. The van der Waals surface area contributed by atoms with Gasteiger partial charge in [0.15, 0.2) is 0 Å². The lowest BCUT2D eigenvalue weighted by atomic mass is 9.77. The van der Waals surface area contributed by atoms with E-state index in [9.17, 15) is 0 Å². The summed E-state index contributed by atoms with van der Waals surface area (Å²) in [7, 11) is 0. The first-order valence-corrected chi connectivity index (χ1v) is 7.01. The van der Waals surface area contributed by atoms with Gasteiger partial charge in [-0.25, -0.2) is 0 Å². The van der Waals surface area contributed by atoms with Crippen molar-refractivity contribution in [1.82, 2.24) is 0 Å².